The monoisotopic (exact) mass is 357 g/mol. The number of aromatic amines is 1. The fraction of sp³-hybridized carbons (Fsp3) is 0.529. The van der Waals surface area contributed by atoms with Crippen LogP contribution < -0.4 is 0 Å². The van der Waals surface area contributed by atoms with Gasteiger partial charge in [0.15, 0.2) is 5.65 Å². The molecule has 0 saturated heterocycles. The lowest BCUT2D eigenvalue weighted by atomic mass is 9.87. The third-order valence-corrected chi connectivity index (χ3v) is 6.84. The average molecular weight is 358 g/mol. The number of aliphatic imine (C=N–C) groups is 1. The maximum atomic E-state index is 5.29. The van der Waals surface area contributed by atoms with Gasteiger partial charge in [-0.2, -0.15) is 5.10 Å². The molecule has 0 amide bonds. The molecule has 7 heteroatoms. The second-order valence-electron chi connectivity index (χ2n) is 6.70. The van der Waals surface area contributed by atoms with Crippen molar-refractivity contribution in [3.8, 4) is 0 Å². The molecule has 0 bridgehead atoms. The summed E-state index contributed by atoms with van der Waals surface area (Å²) in [4.78, 5) is 11.1. The number of hydrogen-bond acceptors (Lipinski definition) is 5. The second kappa shape index (κ2) is 5.52. The van der Waals surface area contributed by atoms with E-state index in [1.54, 1.807) is 11.1 Å². The van der Waals surface area contributed by atoms with Gasteiger partial charge in [-0.25, -0.2) is 4.98 Å². The van der Waals surface area contributed by atoms with E-state index in [2.05, 4.69) is 17.1 Å². The summed E-state index contributed by atoms with van der Waals surface area (Å²) in [6, 6.07) is 0. The Bertz CT molecular complexity index is 952. The van der Waals surface area contributed by atoms with Crippen molar-refractivity contribution in [3.05, 3.63) is 27.9 Å². The van der Waals surface area contributed by atoms with Crippen LogP contribution in [0.3, 0.4) is 0 Å². The van der Waals surface area contributed by atoms with Gasteiger partial charge in [0.2, 0.25) is 4.77 Å². The Morgan fingerprint density at radius 2 is 2.33 bits per heavy atom. The molecule has 0 aromatic carbocycles. The predicted molar refractivity (Wildman–Crippen MR) is 98.4 cm³/mol. The van der Waals surface area contributed by atoms with Crippen LogP contribution >= 0.6 is 24.0 Å². The van der Waals surface area contributed by atoms with Crippen LogP contribution in [0.25, 0.3) is 5.65 Å². The van der Waals surface area contributed by atoms with E-state index in [0.29, 0.717) is 10.7 Å². The average Bonchev–Trinajstić information content (AvgIpc) is 3.28. The van der Waals surface area contributed by atoms with Crippen molar-refractivity contribution in [2.45, 2.75) is 61.6 Å². The third kappa shape index (κ3) is 2.00. The summed E-state index contributed by atoms with van der Waals surface area (Å²) in [5, 5.41) is 7.54. The molecule has 1 N–H and O–H groups in total. The van der Waals surface area contributed by atoms with Gasteiger partial charge < -0.3 is 0 Å². The minimum absolute atomic E-state index is 0.229. The van der Waals surface area contributed by atoms with E-state index in [1.165, 1.54) is 37.8 Å². The lowest BCUT2D eigenvalue weighted by Crippen LogP contribution is -2.21. The molecule has 2 aromatic heterocycles. The van der Waals surface area contributed by atoms with Crippen molar-refractivity contribution in [2.24, 2.45) is 4.99 Å². The Morgan fingerprint density at radius 3 is 3.21 bits per heavy atom. The Labute approximate surface area is 149 Å². The summed E-state index contributed by atoms with van der Waals surface area (Å²) in [7, 11) is 0. The molecule has 2 unspecified atom stereocenters. The summed E-state index contributed by atoms with van der Waals surface area (Å²) in [6.45, 7) is 2.25. The van der Waals surface area contributed by atoms with Crippen LogP contribution in [0.5, 0.6) is 0 Å². The van der Waals surface area contributed by atoms with E-state index in [9.17, 15) is 0 Å². The number of unbranched alkanes of at least 4 members (excludes halogenated alkanes) is 1. The van der Waals surface area contributed by atoms with Crippen LogP contribution in [0.15, 0.2) is 27.4 Å². The molecule has 1 aliphatic carbocycles. The van der Waals surface area contributed by atoms with E-state index >= 15 is 0 Å². The largest absolute Gasteiger partial charge is 0.274 e. The standard InChI is InChI=1S/C17H19N5S2/c1-2-3-7-11-9-5-4-6-10(9)12-13-14(24-16(12)19-11)15-20-21-17(23)22(15)8-18-13/h8,12,16H,2-7H2,1H3,(H,21,23). The van der Waals surface area contributed by atoms with Gasteiger partial charge in [0.05, 0.1) is 16.5 Å². The van der Waals surface area contributed by atoms with Crippen molar-refractivity contribution >= 4 is 35.3 Å². The third-order valence-electron chi connectivity index (χ3n) is 5.31. The quantitative estimate of drug-likeness (QED) is 0.826. The second-order valence-corrected chi connectivity index (χ2v) is 8.22. The number of dihydropyridines is 1. The first kappa shape index (κ1) is 14.8. The van der Waals surface area contributed by atoms with Crippen molar-refractivity contribution < 1.29 is 0 Å². The molecule has 0 saturated carbocycles. The summed E-state index contributed by atoms with van der Waals surface area (Å²) >= 11 is 7.10. The molecule has 2 aliphatic heterocycles. The number of H-pyrrole nitrogens is 1. The maximum Gasteiger partial charge on any atom is 0.200 e. The number of allylic oxidation sites excluding steroid dienone is 1. The fourth-order valence-electron chi connectivity index (χ4n) is 4.19. The van der Waals surface area contributed by atoms with Crippen LogP contribution in [0.2, 0.25) is 0 Å². The smallest absolute Gasteiger partial charge is 0.200 e. The Hall–Kier alpha value is -1.47. The minimum Gasteiger partial charge on any atom is -0.274 e. The number of rotatable bonds is 3. The SMILES string of the molecule is CCCCC1=NC2Sc3c(ncn4c(=S)[nH]nc34)C2C2=C1CCC2. The summed E-state index contributed by atoms with van der Waals surface area (Å²) in [5.41, 5.74) is 6.55. The van der Waals surface area contributed by atoms with Crippen molar-refractivity contribution in [3.63, 3.8) is 0 Å². The Morgan fingerprint density at radius 1 is 1.42 bits per heavy atom. The van der Waals surface area contributed by atoms with Crippen LogP contribution in [0.1, 0.15) is 57.1 Å². The van der Waals surface area contributed by atoms with Crippen LogP contribution in [0.4, 0.5) is 0 Å². The first-order valence-electron chi connectivity index (χ1n) is 8.69. The highest BCUT2D eigenvalue weighted by Crippen LogP contribution is 2.55. The topological polar surface area (TPSA) is 58.3 Å². The molecule has 2 atom stereocenters. The van der Waals surface area contributed by atoms with Gasteiger partial charge in [-0.15, -0.1) is 0 Å². The normalized spacial score (nSPS) is 25.0. The highest BCUT2D eigenvalue weighted by Gasteiger charge is 2.44. The number of nitrogens with one attached hydrogen (secondary N) is 1. The number of fused-ring (bicyclic) bond motifs is 6. The molecular formula is C17H19N5S2. The van der Waals surface area contributed by atoms with Gasteiger partial charge in [0.1, 0.15) is 11.7 Å². The van der Waals surface area contributed by atoms with Crippen molar-refractivity contribution in [1.29, 1.82) is 0 Å². The molecule has 3 aliphatic rings. The van der Waals surface area contributed by atoms with Crippen LogP contribution in [-0.2, 0) is 0 Å². The highest BCUT2D eigenvalue weighted by molar-refractivity contribution is 8.00. The molecule has 0 radical (unpaired) electrons. The van der Waals surface area contributed by atoms with Crippen molar-refractivity contribution in [2.75, 3.05) is 0 Å². The zero-order chi connectivity index (χ0) is 16.3. The molecule has 5 nitrogen and oxygen atoms in total. The fourth-order valence-corrected chi connectivity index (χ4v) is 5.77. The van der Waals surface area contributed by atoms with Gasteiger partial charge >= 0.3 is 0 Å². The minimum atomic E-state index is 0.229. The van der Waals surface area contributed by atoms with Crippen molar-refractivity contribution in [1.82, 2.24) is 19.6 Å². The first-order valence-corrected chi connectivity index (χ1v) is 9.98. The lowest BCUT2D eigenvalue weighted by molar-refractivity contribution is 0.694. The maximum absolute atomic E-state index is 5.29. The molecular weight excluding hydrogens is 338 g/mol. The van der Waals surface area contributed by atoms with Gasteiger partial charge in [-0.05, 0) is 49.9 Å². The number of hydrogen-bond donors (Lipinski definition) is 1. The van der Waals surface area contributed by atoms with Gasteiger partial charge in [-0.3, -0.25) is 14.5 Å². The number of nitrogens with zero attached hydrogens (tertiary/aromatic N) is 4. The highest BCUT2D eigenvalue weighted by atomic mass is 32.2. The Kier molecular flexibility index (Phi) is 3.42. The predicted octanol–water partition coefficient (Wildman–Crippen LogP) is 4.43. The van der Waals surface area contributed by atoms with E-state index in [0.717, 1.165) is 22.7 Å². The van der Waals surface area contributed by atoms with Crippen LogP contribution in [0, 0.1) is 4.77 Å². The molecule has 4 heterocycles. The first-order chi connectivity index (χ1) is 11.8. The molecule has 0 fully saturated rings. The van der Waals surface area contributed by atoms with Gasteiger partial charge in [0.25, 0.3) is 0 Å². The molecule has 24 heavy (non-hydrogen) atoms. The zero-order valence-corrected chi connectivity index (χ0v) is 15.2. The number of thioether (sulfide) groups is 1. The molecule has 5 rings (SSSR count). The Balaban J connectivity index is 1.64. The summed E-state index contributed by atoms with van der Waals surface area (Å²) < 4.78 is 2.47. The van der Waals surface area contributed by atoms with Crippen LogP contribution in [-0.4, -0.2) is 30.7 Å². The summed E-state index contributed by atoms with van der Waals surface area (Å²) in [5.74, 6) is 0.336. The van der Waals surface area contributed by atoms with E-state index in [4.69, 9.17) is 22.2 Å². The molecule has 124 valence electrons. The van der Waals surface area contributed by atoms with E-state index < -0.39 is 0 Å². The molecule has 0 spiro atoms. The van der Waals surface area contributed by atoms with E-state index in [-0.39, 0.29) is 5.37 Å². The van der Waals surface area contributed by atoms with E-state index in [1.807, 2.05) is 22.5 Å². The van der Waals surface area contributed by atoms with Gasteiger partial charge in [-0.1, -0.05) is 30.7 Å². The van der Waals surface area contributed by atoms with Gasteiger partial charge in [0, 0.05) is 5.71 Å². The lowest BCUT2D eigenvalue weighted by Gasteiger charge is -2.26. The summed E-state index contributed by atoms with van der Waals surface area (Å²) in [6.07, 6.45) is 9.02. The zero-order valence-electron chi connectivity index (χ0n) is 13.6. The molecule has 2 aromatic rings. The number of aromatic nitrogens is 4.